The largest absolute Gasteiger partial charge is 0.487 e. The zero-order valence-electron chi connectivity index (χ0n) is 13.5. The molecular weight excluding hydrogens is 310 g/mol. The van der Waals surface area contributed by atoms with Crippen molar-refractivity contribution in [2.45, 2.75) is 31.8 Å². The van der Waals surface area contributed by atoms with Gasteiger partial charge < -0.3 is 10.5 Å². The number of ether oxygens (including phenoxy) is 1. The molecule has 0 amide bonds. The van der Waals surface area contributed by atoms with Gasteiger partial charge in [0.1, 0.15) is 12.4 Å². The molecule has 124 valence electrons. The van der Waals surface area contributed by atoms with Crippen LogP contribution in [0.2, 0.25) is 0 Å². The van der Waals surface area contributed by atoms with Crippen LogP contribution in [-0.4, -0.2) is 14.2 Å². The van der Waals surface area contributed by atoms with E-state index in [2.05, 4.69) is 0 Å². The summed E-state index contributed by atoms with van der Waals surface area (Å²) >= 11 is 0. The third-order valence-electron chi connectivity index (χ3n) is 3.55. The van der Waals surface area contributed by atoms with E-state index in [9.17, 15) is 8.42 Å². The van der Waals surface area contributed by atoms with Gasteiger partial charge in [-0.1, -0.05) is 44.2 Å². The molecular formula is C18H23NO3S. The Hall–Kier alpha value is -2.01. The van der Waals surface area contributed by atoms with Gasteiger partial charge in [-0.15, -0.1) is 0 Å². The number of sulfone groups is 1. The lowest BCUT2D eigenvalue weighted by molar-refractivity contribution is 0.307. The second-order valence-corrected chi connectivity index (χ2v) is 8.08. The Labute approximate surface area is 138 Å². The minimum Gasteiger partial charge on any atom is -0.487 e. The van der Waals surface area contributed by atoms with Crippen molar-refractivity contribution in [1.29, 1.82) is 0 Å². The van der Waals surface area contributed by atoms with E-state index < -0.39 is 9.84 Å². The highest BCUT2D eigenvalue weighted by molar-refractivity contribution is 7.91. The van der Waals surface area contributed by atoms with Crippen LogP contribution in [0.4, 0.5) is 5.69 Å². The molecule has 0 radical (unpaired) electrons. The maximum Gasteiger partial charge on any atom is 0.178 e. The minimum atomic E-state index is -3.31. The van der Waals surface area contributed by atoms with E-state index in [-0.39, 0.29) is 10.6 Å². The third kappa shape index (κ3) is 4.99. The molecule has 2 rings (SSSR count). The Morgan fingerprint density at radius 1 is 1.09 bits per heavy atom. The van der Waals surface area contributed by atoms with E-state index in [0.29, 0.717) is 30.4 Å². The summed E-state index contributed by atoms with van der Waals surface area (Å²) in [7, 11) is -3.31. The molecule has 0 aliphatic rings. The molecule has 0 aromatic heterocycles. The molecule has 2 aromatic rings. The Bertz CT molecular complexity index is 740. The zero-order valence-corrected chi connectivity index (χ0v) is 14.3. The summed E-state index contributed by atoms with van der Waals surface area (Å²) in [6.45, 7) is 4.36. The SMILES string of the molecule is CC(C)CCS(=O)(=O)c1ccc(N)c(OCc2ccccc2)c1. The highest BCUT2D eigenvalue weighted by atomic mass is 32.2. The van der Waals surface area contributed by atoms with Gasteiger partial charge in [-0.05, 0) is 30.0 Å². The van der Waals surface area contributed by atoms with E-state index in [1.165, 1.54) is 6.07 Å². The first kappa shape index (κ1) is 17.3. The molecule has 0 fully saturated rings. The lowest BCUT2D eigenvalue weighted by atomic mass is 10.2. The first-order chi connectivity index (χ1) is 10.9. The van der Waals surface area contributed by atoms with Crippen LogP contribution in [0.1, 0.15) is 25.8 Å². The topological polar surface area (TPSA) is 69.4 Å². The molecule has 4 nitrogen and oxygen atoms in total. The fourth-order valence-electron chi connectivity index (χ4n) is 2.08. The third-order valence-corrected chi connectivity index (χ3v) is 5.29. The maximum atomic E-state index is 12.4. The second-order valence-electron chi connectivity index (χ2n) is 5.98. The van der Waals surface area contributed by atoms with Crippen molar-refractivity contribution in [3.63, 3.8) is 0 Å². The van der Waals surface area contributed by atoms with Crippen molar-refractivity contribution < 1.29 is 13.2 Å². The van der Waals surface area contributed by atoms with Gasteiger partial charge in [0, 0.05) is 6.07 Å². The molecule has 0 heterocycles. The van der Waals surface area contributed by atoms with Gasteiger partial charge in [-0.2, -0.15) is 0 Å². The summed E-state index contributed by atoms with van der Waals surface area (Å²) in [4.78, 5) is 0.260. The molecule has 0 atom stereocenters. The average Bonchev–Trinajstić information content (AvgIpc) is 2.53. The average molecular weight is 333 g/mol. The number of nitrogens with two attached hydrogens (primary N) is 1. The Morgan fingerprint density at radius 2 is 1.78 bits per heavy atom. The van der Waals surface area contributed by atoms with Crippen LogP contribution in [0.25, 0.3) is 0 Å². The summed E-state index contributed by atoms with van der Waals surface area (Å²) in [5, 5.41) is 0. The quantitative estimate of drug-likeness (QED) is 0.785. The van der Waals surface area contributed by atoms with Crippen LogP contribution in [-0.2, 0) is 16.4 Å². The number of anilines is 1. The van der Waals surface area contributed by atoms with Crippen LogP contribution in [0, 0.1) is 5.92 Å². The van der Waals surface area contributed by atoms with Crippen molar-refractivity contribution >= 4 is 15.5 Å². The molecule has 0 aliphatic heterocycles. The van der Waals surface area contributed by atoms with Gasteiger partial charge in [0.2, 0.25) is 0 Å². The highest BCUT2D eigenvalue weighted by Crippen LogP contribution is 2.27. The van der Waals surface area contributed by atoms with Crippen LogP contribution in [0.3, 0.4) is 0 Å². The molecule has 0 spiro atoms. The fourth-order valence-corrected chi connectivity index (χ4v) is 3.66. The van der Waals surface area contributed by atoms with E-state index in [1.807, 2.05) is 44.2 Å². The number of hydrogen-bond acceptors (Lipinski definition) is 4. The summed E-state index contributed by atoms with van der Waals surface area (Å²) in [6, 6.07) is 14.3. The monoisotopic (exact) mass is 333 g/mol. The van der Waals surface area contributed by atoms with E-state index in [0.717, 1.165) is 5.56 Å². The Kier molecular flexibility index (Phi) is 5.66. The first-order valence-corrected chi connectivity index (χ1v) is 9.33. The number of nitrogen functional groups attached to an aromatic ring is 1. The molecule has 2 aromatic carbocycles. The van der Waals surface area contributed by atoms with Crippen molar-refractivity contribution in [3.05, 3.63) is 54.1 Å². The van der Waals surface area contributed by atoms with E-state index in [1.54, 1.807) is 12.1 Å². The fraction of sp³-hybridized carbons (Fsp3) is 0.333. The summed E-state index contributed by atoms with van der Waals surface area (Å²) < 4.78 is 30.5. The minimum absolute atomic E-state index is 0.132. The molecule has 0 saturated heterocycles. The molecule has 5 heteroatoms. The van der Waals surface area contributed by atoms with Gasteiger partial charge in [-0.3, -0.25) is 0 Å². The van der Waals surface area contributed by atoms with Crippen molar-refractivity contribution in [2.24, 2.45) is 5.92 Å². The lowest BCUT2D eigenvalue weighted by Crippen LogP contribution is -2.10. The van der Waals surface area contributed by atoms with Crippen molar-refractivity contribution in [3.8, 4) is 5.75 Å². The summed E-state index contributed by atoms with van der Waals surface area (Å²) in [5.41, 5.74) is 7.33. The van der Waals surface area contributed by atoms with Gasteiger partial charge >= 0.3 is 0 Å². The molecule has 0 bridgehead atoms. The van der Waals surface area contributed by atoms with Gasteiger partial charge in [0.15, 0.2) is 9.84 Å². The van der Waals surface area contributed by atoms with Crippen LogP contribution in [0.5, 0.6) is 5.75 Å². The normalized spacial score (nSPS) is 11.6. The number of hydrogen-bond donors (Lipinski definition) is 1. The molecule has 0 saturated carbocycles. The smallest absolute Gasteiger partial charge is 0.178 e. The summed E-state index contributed by atoms with van der Waals surface area (Å²) in [5.74, 6) is 0.874. The second kappa shape index (κ2) is 7.51. The Balaban J connectivity index is 2.15. The summed E-state index contributed by atoms with van der Waals surface area (Å²) in [6.07, 6.45) is 0.632. The Morgan fingerprint density at radius 3 is 2.43 bits per heavy atom. The molecule has 2 N–H and O–H groups in total. The van der Waals surface area contributed by atoms with Crippen LogP contribution >= 0.6 is 0 Å². The molecule has 0 unspecified atom stereocenters. The van der Waals surface area contributed by atoms with Crippen LogP contribution in [0.15, 0.2) is 53.4 Å². The van der Waals surface area contributed by atoms with Gasteiger partial charge in [-0.25, -0.2) is 8.42 Å². The van der Waals surface area contributed by atoms with Gasteiger partial charge in [0.05, 0.1) is 16.3 Å². The maximum absolute atomic E-state index is 12.4. The lowest BCUT2D eigenvalue weighted by Gasteiger charge is -2.12. The van der Waals surface area contributed by atoms with Crippen molar-refractivity contribution in [1.82, 2.24) is 0 Å². The van der Waals surface area contributed by atoms with E-state index >= 15 is 0 Å². The van der Waals surface area contributed by atoms with Crippen LogP contribution < -0.4 is 10.5 Å². The molecule has 0 aliphatic carbocycles. The predicted octanol–water partition coefficient (Wildman–Crippen LogP) is 3.67. The molecule has 23 heavy (non-hydrogen) atoms. The predicted molar refractivity (Wildman–Crippen MR) is 93.1 cm³/mol. The van der Waals surface area contributed by atoms with Gasteiger partial charge in [0.25, 0.3) is 0 Å². The first-order valence-electron chi connectivity index (χ1n) is 7.67. The standard InChI is InChI=1S/C18H23NO3S/c1-14(2)10-11-23(20,21)16-8-9-17(19)18(12-16)22-13-15-6-4-3-5-7-15/h3-9,12,14H,10-11,13,19H2,1-2H3. The highest BCUT2D eigenvalue weighted by Gasteiger charge is 2.17. The zero-order chi connectivity index (χ0) is 16.9. The number of rotatable bonds is 7. The van der Waals surface area contributed by atoms with E-state index in [4.69, 9.17) is 10.5 Å². The van der Waals surface area contributed by atoms with Crippen molar-refractivity contribution in [2.75, 3.05) is 11.5 Å². The number of benzene rings is 2.